The van der Waals surface area contributed by atoms with Crippen LogP contribution in [0.3, 0.4) is 0 Å². The number of aromatic amines is 1. The predicted octanol–water partition coefficient (Wildman–Crippen LogP) is 4.07. The van der Waals surface area contributed by atoms with Crippen molar-refractivity contribution in [3.05, 3.63) is 59.6 Å². The van der Waals surface area contributed by atoms with E-state index in [4.69, 9.17) is 10.5 Å². The minimum Gasteiger partial charge on any atom is -0.497 e. The lowest BCUT2D eigenvalue weighted by Gasteiger charge is -2.02. The maximum atomic E-state index is 11.9. The van der Waals surface area contributed by atoms with E-state index in [1.165, 1.54) is 4.70 Å². The first-order valence-corrected chi connectivity index (χ1v) is 8.56. The number of nitrogens with zero attached hydrogens (tertiary/aromatic N) is 1. The number of carbonyl (C=O) groups excluding carboxylic acids is 1. The summed E-state index contributed by atoms with van der Waals surface area (Å²) in [7, 11) is 1.61. The van der Waals surface area contributed by atoms with Crippen molar-refractivity contribution in [2.45, 2.75) is 0 Å². The minimum absolute atomic E-state index is 0.301. The Labute approximate surface area is 148 Å². The average Bonchev–Trinajstić information content (AvgIpc) is 3.26. The summed E-state index contributed by atoms with van der Waals surface area (Å²) in [6.45, 7) is 0. The highest BCUT2D eigenvalue weighted by atomic mass is 32.1. The number of amides is 1. The van der Waals surface area contributed by atoms with Crippen molar-refractivity contribution in [3.63, 3.8) is 0 Å². The van der Waals surface area contributed by atoms with Gasteiger partial charge in [0.1, 0.15) is 23.0 Å². The molecule has 0 radical (unpaired) electrons. The molecule has 124 valence electrons. The average molecular weight is 349 g/mol. The minimum atomic E-state index is -0.538. The van der Waals surface area contributed by atoms with Gasteiger partial charge in [-0.1, -0.05) is 18.2 Å². The molecule has 25 heavy (non-hydrogen) atoms. The molecule has 0 unspecified atom stereocenters. The van der Waals surface area contributed by atoms with Gasteiger partial charge >= 0.3 is 0 Å². The van der Waals surface area contributed by atoms with Gasteiger partial charge in [0.2, 0.25) is 0 Å². The number of nitrogens with two attached hydrogens (primary N) is 1. The molecule has 2 heterocycles. The van der Waals surface area contributed by atoms with Gasteiger partial charge in [0.15, 0.2) is 0 Å². The zero-order valence-electron chi connectivity index (χ0n) is 13.4. The molecule has 6 heteroatoms. The van der Waals surface area contributed by atoms with Crippen molar-refractivity contribution in [2.75, 3.05) is 7.11 Å². The smallest absolute Gasteiger partial charge is 0.267 e. The third-order valence-electron chi connectivity index (χ3n) is 4.05. The van der Waals surface area contributed by atoms with Crippen LogP contribution in [0.1, 0.15) is 10.5 Å². The standard InChI is InChI=1S/C19H15N3O2S/c1-24-12-8-6-11(7-9-12)16-17(18(20)23)22-19(21-16)14-10-25-15-5-3-2-4-13(14)15/h2-10H,1H3,(H2,20,23)(H,21,22). The van der Waals surface area contributed by atoms with Crippen LogP contribution in [0.2, 0.25) is 0 Å². The number of benzene rings is 2. The van der Waals surface area contributed by atoms with E-state index in [2.05, 4.69) is 16.0 Å². The summed E-state index contributed by atoms with van der Waals surface area (Å²) >= 11 is 1.64. The molecule has 2 aromatic heterocycles. The molecule has 0 atom stereocenters. The molecule has 0 aliphatic carbocycles. The fourth-order valence-electron chi connectivity index (χ4n) is 2.80. The fourth-order valence-corrected chi connectivity index (χ4v) is 3.74. The summed E-state index contributed by atoms with van der Waals surface area (Å²) in [5.41, 5.74) is 8.16. The van der Waals surface area contributed by atoms with E-state index in [0.29, 0.717) is 17.2 Å². The van der Waals surface area contributed by atoms with Gasteiger partial charge in [-0.15, -0.1) is 11.3 Å². The number of primary amides is 1. The number of hydrogen-bond donors (Lipinski definition) is 2. The number of imidazole rings is 1. The maximum absolute atomic E-state index is 11.9. The molecule has 4 aromatic rings. The van der Waals surface area contributed by atoms with Gasteiger partial charge in [-0.05, 0) is 30.3 Å². The van der Waals surface area contributed by atoms with Crippen LogP contribution in [0, 0.1) is 0 Å². The summed E-state index contributed by atoms with van der Waals surface area (Å²) in [5, 5.41) is 3.13. The second kappa shape index (κ2) is 6.07. The first kappa shape index (κ1) is 15.4. The number of aromatic nitrogens is 2. The van der Waals surface area contributed by atoms with E-state index in [1.807, 2.05) is 47.8 Å². The lowest BCUT2D eigenvalue weighted by atomic mass is 10.1. The summed E-state index contributed by atoms with van der Waals surface area (Å²) in [5.74, 6) is 0.838. The zero-order valence-corrected chi connectivity index (χ0v) is 14.3. The number of carbonyl (C=O) groups is 1. The normalized spacial score (nSPS) is 10.9. The highest BCUT2D eigenvalue weighted by Crippen LogP contribution is 2.34. The van der Waals surface area contributed by atoms with Crippen LogP contribution in [-0.2, 0) is 0 Å². The molecule has 0 aliphatic rings. The molecule has 1 amide bonds. The van der Waals surface area contributed by atoms with Crippen molar-refractivity contribution in [2.24, 2.45) is 5.73 Å². The van der Waals surface area contributed by atoms with Crippen LogP contribution in [0.4, 0.5) is 0 Å². The van der Waals surface area contributed by atoms with Gasteiger partial charge < -0.3 is 15.5 Å². The molecular formula is C19H15N3O2S. The van der Waals surface area contributed by atoms with Crippen molar-refractivity contribution < 1.29 is 9.53 Å². The van der Waals surface area contributed by atoms with E-state index in [-0.39, 0.29) is 0 Å². The summed E-state index contributed by atoms with van der Waals surface area (Å²) < 4.78 is 6.34. The Balaban J connectivity index is 1.87. The van der Waals surface area contributed by atoms with E-state index in [0.717, 1.165) is 22.3 Å². The van der Waals surface area contributed by atoms with Crippen LogP contribution in [-0.4, -0.2) is 23.0 Å². The quantitative estimate of drug-likeness (QED) is 0.583. The van der Waals surface area contributed by atoms with E-state index >= 15 is 0 Å². The molecule has 2 aromatic carbocycles. The summed E-state index contributed by atoms with van der Waals surface area (Å²) in [4.78, 5) is 19.6. The number of ether oxygens (including phenoxy) is 1. The van der Waals surface area contributed by atoms with Gasteiger partial charge in [0.05, 0.1) is 7.11 Å². The lowest BCUT2D eigenvalue weighted by molar-refractivity contribution is 0.0997. The Bertz CT molecular complexity index is 1060. The van der Waals surface area contributed by atoms with Crippen LogP contribution < -0.4 is 10.5 Å². The van der Waals surface area contributed by atoms with Gasteiger partial charge in [0, 0.05) is 26.6 Å². The van der Waals surface area contributed by atoms with Crippen molar-refractivity contribution in [1.29, 1.82) is 0 Å². The molecule has 5 nitrogen and oxygen atoms in total. The molecule has 0 spiro atoms. The number of methoxy groups -OCH3 is 1. The second-order valence-electron chi connectivity index (χ2n) is 5.55. The van der Waals surface area contributed by atoms with Crippen LogP contribution in [0.5, 0.6) is 5.75 Å². The number of hydrogen-bond acceptors (Lipinski definition) is 4. The lowest BCUT2D eigenvalue weighted by Crippen LogP contribution is -2.12. The van der Waals surface area contributed by atoms with Crippen LogP contribution in [0.15, 0.2) is 53.9 Å². The second-order valence-corrected chi connectivity index (χ2v) is 6.46. The SMILES string of the molecule is COc1ccc(-c2nc(-c3csc4ccccc34)[nH]c2C(N)=O)cc1. The highest BCUT2D eigenvalue weighted by molar-refractivity contribution is 7.17. The zero-order chi connectivity index (χ0) is 17.4. The van der Waals surface area contributed by atoms with Gasteiger partial charge in [-0.25, -0.2) is 4.98 Å². The number of H-pyrrole nitrogens is 1. The first-order valence-electron chi connectivity index (χ1n) is 7.68. The highest BCUT2D eigenvalue weighted by Gasteiger charge is 2.19. The van der Waals surface area contributed by atoms with E-state index < -0.39 is 5.91 Å². The molecule has 0 fully saturated rings. The molecule has 3 N–H and O–H groups in total. The topological polar surface area (TPSA) is 81.0 Å². The number of rotatable bonds is 4. The largest absolute Gasteiger partial charge is 0.497 e. The molecular weight excluding hydrogens is 334 g/mol. The Hall–Kier alpha value is -3.12. The maximum Gasteiger partial charge on any atom is 0.267 e. The monoisotopic (exact) mass is 349 g/mol. The van der Waals surface area contributed by atoms with Crippen molar-refractivity contribution in [3.8, 4) is 28.4 Å². The Morgan fingerprint density at radius 1 is 1.16 bits per heavy atom. The third kappa shape index (κ3) is 2.66. The van der Waals surface area contributed by atoms with Gasteiger partial charge in [-0.3, -0.25) is 4.79 Å². The van der Waals surface area contributed by atoms with Crippen molar-refractivity contribution >= 4 is 27.3 Å². The van der Waals surface area contributed by atoms with Crippen molar-refractivity contribution in [1.82, 2.24) is 9.97 Å². The van der Waals surface area contributed by atoms with Crippen LogP contribution >= 0.6 is 11.3 Å². The van der Waals surface area contributed by atoms with Gasteiger partial charge in [-0.2, -0.15) is 0 Å². The predicted molar refractivity (Wildman–Crippen MR) is 99.9 cm³/mol. The van der Waals surface area contributed by atoms with Crippen LogP contribution in [0.25, 0.3) is 32.7 Å². The molecule has 4 rings (SSSR count). The summed E-state index contributed by atoms with van der Waals surface area (Å²) in [6, 6.07) is 15.5. The molecule has 0 saturated heterocycles. The molecule has 0 saturated carbocycles. The van der Waals surface area contributed by atoms with E-state index in [1.54, 1.807) is 18.4 Å². The van der Waals surface area contributed by atoms with E-state index in [9.17, 15) is 4.79 Å². The summed E-state index contributed by atoms with van der Waals surface area (Å²) in [6.07, 6.45) is 0. The Kier molecular flexibility index (Phi) is 3.74. The third-order valence-corrected chi connectivity index (χ3v) is 5.01. The number of thiophene rings is 1. The molecule has 0 bridgehead atoms. The van der Waals surface area contributed by atoms with Gasteiger partial charge in [0.25, 0.3) is 5.91 Å². The fraction of sp³-hybridized carbons (Fsp3) is 0.0526. The number of fused-ring (bicyclic) bond motifs is 1. The Morgan fingerprint density at radius 3 is 2.64 bits per heavy atom. The molecule has 0 aliphatic heterocycles. The number of nitrogens with one attached hydrogen (secondary N) is 1. The first-order chi connectivity index (χ1) is 12.2. The Morgan fingerprint density at radius 2 is 1.92 bits per heavy atom.